The van der Waals surface area contributed by atoms with Crippen LogP contribution in [0.1, 0.15) is 31.7 Å². The number of esters is 1. The summed E-state index contributed by atoms with van der Waals surface area (Å²) in [5.41, 5.74) is 7.42. The Labute approximate surface area is 137 Å². The molecular weight excluding hydrogens is 290 g/mol. The minimum atomic E-state index is -0.249. The van der Waals surface area contributed by atoms with E-state index in [0.717, 1.165) is 29.8 Å². The number of nitrogens with two attached hydrogens (primary N) is 1. The molecule has 0 radical (unpaired) electrons. The minimum absolute atomic E-state index is 0.249. The lowest BCUT2D eigenvalue weighted by Crippen LogP contribution is -2.09. The SMILES string of the molecule is CCCCOc1ccc(OC(=O)CCc2ccc(N)cc2)cc1. The third kappa shape index (κ3) is 6.02. The molecule has 2 aromatic rings. The molecule has 0 aromatic heterocycles. The van der Waals surface area contributed by atoms with E-state index < -0.39 is 0 Å². The lowest BCUT2D eigenvalue weighted by atomic mass is 10.1. The maximum absolute atomic E-state index is 11.9. The molecule has 2 rings (SSSR count). The van der Waals surface area contributed by atoms with Crippen LogP contribution in [0.15, 0.2) is 48.5 Å². The molecule has 4 nitrogen and oxygen atoms in total. The average molecular weight is 313 g/mol. The van der Waals surface area contributed by atoms with Crippen molar-refractivity contribution < 1.29 is 14.3 Å². The molecule has 0 bridgehead atoms. The van der Waals surface area contributed by atoms with Gasteiger partial charge in [0.25, 0.3) is 0 Å². The van der Waals surface area contributed by atoms with Gasteiger partial charge < -0.3 is 15.2 Å². The lowest BCUT2D eigenvalue weighted by molar-refractivity contribution is -0.134. The zero-order valence-electron chi connectivity index (χ0n) is 13.5. The van der Waals surface area contributed by atoms with E-state index >= 15 is 0 Å². The van der Waals surface area contributed by atoms with Gasteiger partial charge in [-0.25, -0.2) is 0 Å². The quantitative estimate of drug-likeness (QED) is 0.346. The molecule has 0 amide bonds. The van der Waals surface area contributed by atoms with Crippen LogP contribution in [0, 0.1) is 0 Å². The fraction of sp³-hybridized carbons (Fsp3) is 0.316. The van der Waals surface area contributed by atoms with E-state index in [-0.39, 0.29) is 5.97 Å². The maximum atomic E-state index is 11.9. The van der Waals surface area contributed by atoms with Gasteiger partial charge in [-0.15, -0.1) is 0 Å². The van der Waals surface area contributed by atoms with Crippen molar-refractivity contribution in [3.63, 3.8) is 0 Å². The molecule has 0 heterocycles. The van der Waals surface area contributed by atoms with Gasteiger partial charge in [-0.2, -0.15) is 0 Å². The Morgan fingerprint density at radius 3 is 2.30 bits per heavy atom. The second-order valence-electron chi connectivity index (χ2n) is 5.39. The molecule has 0 aliphatic rings. The van der Waals surface area contributed by atoms with Crippen molar-refractivity contribution >= 4 is 11.7 Å². The molecular formula is C19H23NO3. The molecule has 0 aliphatic carbocycles. The number of benzene rings is 2. The molecule has 0 saturated carbocycles. The first-order valence-electron chi connectivity index (χ1n) is 7.95. The van der Waals surface area contributed by atoms with Gasteiger partial charge in [-0.1, -0.05) is 25.5 Å². The monoisotopic (exact) mass is 313 g/mol. The highest BCUT2D eigenvalue weighted by Crippen LogP contribution is 2.18. The molecule has 0 unspecified atom stereocenters. The Hall–Kier alpha value is -2.49. The van der Waals surface area contributed by atoms with Crippen LogP contribution in [0.5, 0.6) is 11.5 Å². The van der Waals surface area contributed by atoms with Crippen molar-refractivity contribution in [2.75, 3.05) is 12.3 Å². The van der Waals surface area contributed by atoms with Crippen molar-refractivity contribution in [2.45, 2.75) is 32.6 Å². The number of carbonyl (C=O) groups excluding carboxylic acids is 1. The fourth-order valence-electron chi connectivity index (χ4n) is 2.05. The number of aryl methyl sites for hydroxylation is 1. The Kier molecular flexibility index (Phi) is 6.48. The molecule has 122 valence electrons. The number of hydrogen-bond acceptors (Lipinski definition) is 4. The lowest BCUT2D eigenvalue weighted by Gasteiger charge is -2.07. The Morgan fingerprint density at radius 1 is 1.00 bits per heavy atom. The molecule has 0 fully saturated rings. The van der Waals surface area contributed by atoms with Crippen molar-refractivity contribution in [1.29, 1.82) is 0 Å². The maximum Gasteiger partial charge on any atom is 0.311 e. The first-order valence-corrected chi connectivity index (χ1v) is 7.95. The van der Waals surface area contributed by atoms with Crippen LogP contribution in [0.25, 0.3) is 0 Å². The minimum Gasteiger partial charge on any atom is -0.494 e. The Morgan fingerprint density at radius 2 is 1.65 bits per heavy atom. The van der Waals surface area contributed by atoms with Crippen LogP contribution < -0.4 is 15.2 Å². The van der Waals surface area contributed by atoms with Gasteiger partial charge in [0.2, 0.25) is 0 Å². The molecule has 2 aromatic carbocycles. The molecule has 0 atom stereocenters. The van der Waals surface area contributed by atoms with Crippen LogP contribution in [-0.2, 0) is 11.2 Å². The van der Waals surface area contributed by atoms with E-state index in [0.29, 0.717) is 25.2 Å². The van der Waals surface area contributed by atoms with E-state index in [1.54, 1.807) is 12.1 Å². The number of carbonyl (C=O) groups is 1. The number of hydrogen-bond donors (Lipinski definition) is 1. The highest BCUT2D eigenvalue weighted by Gasteiger charge is 2.06. The highest BCUT2D eigenvalue weighted by molar-refractivity contribution is 5.72. The van der Waals surface area contributed by atoms with Gasteiger partial charge >= 0.3 is 5.97 Å². The van der Waals surface area contributed by atoms with Gasteiger partial charge in [0.15, 0.2) is 0 Å². The zero-order valence-corrected chi connectivity index (χ0v) is 13.5. The summed E-state index contributed by atoms with van der Waals surface area (Å²) < 4.78 is 10.9. The largest absolute Gasteiger partial charge is 0.494 e. The summed E-state index contributed by atoms with van der Waals surface area (Å²) in [6, 6.07) is 14.6. The number of rotatable bonds is 8. The second kappa shape index (κ2) is 8.83. The summed E-state index contributed by atoms with van der Waals surface area (Å²) in [6.07, 6.45) is 3.10. The standard InChI is InChI=1S/C19H23NO3/c1-2-3-14-22-17-9-11-18(12-10-17)23-19(21)13-6-15-4-7-16(20)8-5-15/h4-5,7-12H,2-3,6,13-14,20H2,1H3. The summed E-state index contributed by atoms with van der Waals surface area (Å²) in [6.45, 7) is 2.83. The van der Waals surface area contributed by atoms with E-state index in [1.165, 1.54) is 0 Å². The summed E-state index contributed by atoms with van der Waals surface area (Å²) in [4.78, 5) is 11.9. The first kappa shape index (κ1) is 16.9. The van der Waals surface area contributed by atoms with Gasteiger partial charge in [-0.3, -0.25) is 4.79 Å². The topological polar surface area (TPSA) is 61.5 Å². The molecule has 4 heteroatoms. The van der Waals surface area contributed by atoms with E-state index in [4.69, 9.17) is 15.2 Å². The highest BCUT2D eigenvalue weighted by atomic mass is 16.5. The van der Waals surface area contributed by atoms with E-state index in [2.05, 4.69) is 6.92 Å². The smallest absolute Gasteiger partial charge is 0.311 e. The van der Waals surface area contributed by atoms with E-state index in [1.807, 2.05) is 36.4 Å². The number of nitrogen functional groups attached to an aromatic ring is 1. The number of anilines is 1. The van der Waals surface area contributed by atoms with Gasteiger partial charge in [0.05, 0.1) is 6.61 Å². The third-order valence-corrected chi connectivity index (χ3v) is 3.42. The second-order valence-corrected chi connectivity index (χ2v) is 5.39. The van der Waals surface area contributed by atoms with Crippen molar-refractivity contribution in [3.05, 3.63) is 54.1 Å². The molecule has 23 heavy (non-hydrogen) atoms. The van der Waals surface area contributed by atoms with Crippen LogP contribution >= 0.6 is 0 Å². The normalized spacial score (nSPS) is 10.3. The summed E-state index contributed by atoms with van der Waals surface area (Å²) in [5.74, 6) is 1.08. The van der Waals surface area contributed by atoms with Gasteiger partial charge in [0.1, 0.15) is 11.5 Å². The van der Waals surface area contributed by atoms with Gasteiger partial charge in [-0.05, 0) is 54.8 Å². The van der Waals surface area contributed by atoms with Crippen molar-refractivity contribution in [1.82, 2.24) is 0 Å². The average Bonchev–Trinajstić information content (AvgIpc) is 2.56. The number of ether oxygens (including phenoxy) is 2. The van der Waals surface area contributed by atoms with Crippen LogP contribution in [0.2, 0.25) is 0 Å². The van der Waals surface area contributed by atoms with Crippen LogP contribution in [0.4, 0.5) is 5.69 Å². The fourth-order valence-corrected chi connectivity index (χ4v) is 2.05. The summed E-state index contributed by atoms with van der Waals surface area (Å²) in [5, 5.41) is 0. The summed E-state index contributed by atoms with van der Waals surface area (Å²) in [7, 11) is 0. The van der Waals surface area contributed by atoms with Crippen molar-refractivity contribution in [3.8, 4) is 11.5 Å². The predicted molar refractivity (Wildman–Crippen MR) is 91.7 cm³/mol. The molecule has 0 saturated heterocycles. The van der Waals surface area contributed by atoms with E-state index in [9.17, 15) is 4.79 Å². The van der Waals surface area contributed by atoms with Crippen LogP contribution in [0.3, 0.4) is 0 Å². The number of unbranched alkanes of at least 4 members (excludes halogenated alkanes) is 1. The Bertz CT molecular complexity index is 606. The molecule has 0 aliphatic heterocycles. The molecule has 0 spiro atoms. The zero-order chi connectivity index (χ0) is 16.5. The third-order valence-electron chi connectivity index (χ3n) is 3.42. The summed E-state index contributed by atoms with van der Waals surface area (Å²) >= 11 is 0. The van der Waals surface area contributed by atoms with Crippen molar-refractivity contribution in [2.24, 2.45) is 0 Å². The predicted octanol–water partition coefficient (Wildman–Crippen LogP) is 3.99. The molecule has 2 N–H and O–H groups in total. The Balaban J connectivity index is 1.77. The van der Waals surface area contributed by atoms with Crippen LogP contribution in [-0.4, -0.2) is 12.6 Å². The first-order chi connectivity index (χ1) is 11.2. The van der Waals surface area contributed by atoms with Gasteiger partial charge in [0, 0.05) is 12.1 Å².